The van der Waals surface area contributed by atoms with Crippen LogP contribution >= 0.6 is 11.6 Å². The lowest BCUT2D eigenvalue weighted by molar-refractivity contribution is -0.144. The highest BCUT2D eigenvalue weighted by Crippen LogP contribution is 2.35. The molecule has 0 bridgehead atoms. The largest absolute Gasteiger partial charge is 0.465 e. The molecule has 1 aliphatic rings. The van der Waals surface area contributed by atoms with Crippen LogP contribution in [0, 0.1) is 0 Å². The molecule has 0 saturated heterocycles. The van der Waals surface area contributed by atoms with Gasteiger partial charge in [-0.2, -0.15) is 0 Å². The van der Waals surface area contributed by atoms with Gasteiger partial charge in [-0.3, -0.25) is 14.1 Å². The maximum Gasteiger partial charge on any atom is 0.410 e. The van der Waals surface area contributed by atoms with E-state index in [4.69, 9.17) is 25.8 Å². The van der Waals surface area contributed by atoms with E-state index in [1.165, 1.54) is 4.90 Å². The minimum Gasteiger partial charge on any atom is -0.465 e. The van der Waals surface area contributed by atoms with Gasteiger partial charge in [0.2, 0.25) is 0 Å². The van der Waals surface area contributed by atoms with E-state index >= 15 is 0 Å². The Morgan fingerprint density at radius 1 is 1.11 bits per heavy atom. The van der Waals surface area contributed by atoms with Gasteiger partial charge in [-0.1, -0.05) is 48.0 Å². The number of carbonyl (C=O) groups excluding carboxylic acids is 3. The van der Waals surface area contributed by atoms with Crippen LogP contribution in [0.2, 0.25) is 5.15 Å². The van der Waals surface area contributed by atoms with E-state index in [-0.39, 0.29) is 38.3 Å². The Labute approximate surface area is 262 Å². The van der Waals surface area contributed by atoms with Gasteiger partial charge in [0.1, 0.15) is 30.1 Å². The summed E-state index contributed by atoms with van der Waals surface area (Å²) >= 11 is 6.42. The summed E-state index contributed by atoms with van der Waals surface area (Å²) in [5.41, 5.74) is 1.73. The van der Waals surface area contributed by atoms with Crippen LogP contribution < -0.4 is 5.32 Å². The number of fused-ring (bicyclic) bond motifs is 1. The van der Waals surface area contributed by atoms with Gasteiger partial charge in [0, 0.05) is 18.5 Å². The third-order valence-electron chi connectivity index (χ3n) is 7.03. The van der Waals surface area contributed by atoms with Crippen molar-refractivity contribution in [2.24, 2.45) is 0 Å². The lowest BCUT2D eigenvalue weighted by Crippen LogP contribution is -2.37. The third kappa shape index (κ3) is 9.19. The Kier molecular flexibility index (Phi) is 11.2. The first kappa shape index (κ1) is 32.8. The zero-order chi connectivity index (χ0) is 31.7. The average molecular weight is 626 g/mol. The van der Waals surface area contributed by atoms with Gasteiger partial charge >= 0.3 is 18.2 Å². The molecule has 0 radical (unpaired) electrons. The van der Waals surface area contributed by atoms with Gasteiger partial charge in [-0.15, -0.1) is 0 Å². The number of hydrogen-bond donors (Lipinski definition) is 1. The molecule has 1 aliphatic carbocycles. The molecule has 12 heteroatoms. The molecule has 0 aliphatic heterocycles. The molecule has 44 heavy (non-hydrogen) atoms. The standard InChI is InChI=1S/C32H40ClN5O6/c1-5-42-27(39)20-37(31(41)43-21-22-11-7-6-8-12-22)16-10-9-13-25-18-34-28(33)26-19-35-29(38(25)26)23-14-15-24(17-23)36-30(40)44-32(2,3)4/h6-9,11-13,18-19,23-24H,5,10,14-17,20-21H2,1-4H3,(H,36,40)/b13-9+/t23-,24-/m1/s1. The Hall–Kier alpha value is -4.12. The van der Waals surface area contributed by atoms with Crippen LogP contribution in [0.15, 0.2) is 48.8 Å². The number of halogens is 1. The van der Waals surface area contributed by atoms with E-state index in [1.807, 2.05) is 67.7 Å². The van der Waals surface area contributed by atoms with E-state index < -0.39 is 23.8 Å². The van der Waals surface area contributed by atoms with Crippen molar-refractivity contribution in [1.82, 2.24) is 24.6 Å². The topological polar surface area (TPSA) is 124 Å². The fourth-order valence-corrected chi connectivity index (χ4v) is 5.28. The molecule has 4 rings (SSSR count). The first-order valence-electron chi connectivity index (χ1n) is 14.8. The summed E-state index contributed by atoms with van der Waals surface area (Å²) in [7, 11) is 0. The number of alkyl carbamates (subject to hydrolysis) is 1. The number of esters is 1. The summed E-state index contributed by atoms with van der Waals surface area (Å²) in [5, 5.41) is 3.31. The number of nitrogens with zero attached hydrogens (tertiary/aromatic N) is 4. The second-order valence-corrected chi connectivity index (χ2v) is 12.0. The van der Waals surface area contributed by atoms with E-state index in [2.05, 4.69) is 15.3 Å². The van der Waals surface area contributed by atoms with Crippen molar-refractivity contribution in [3.8, 4) is 0 Å². The first-order chi connectivity index (χ1) is 21.0. The Morgan fingerprint density at radius 2 is 1.89 bits per heavy atom. The molecule has 2 atom stereocenters. The van der Waals surface area contributed by atoms with E-state index in [0.29, 0.717) is 17.1 Å². The molecule has 1 fully saturated rings. The number of amides is 2. The van der Waals surface area contributed by atoms with Gasteiger partial charge in [-0.05, 0) is 65.0 Å². The quantitative estimate of drug-likeness (QED) is 0.199. The molecule has 1 saturated carbocycles. The molecule has 11 nitrogen and oxygen atoms in total. The highest BCUT2D eigenvalue weighted by Gasteiger charge is 2.31. The summed E-state index contributed by atoms with van der Waals surface area (Å²) in [4.78, 5) is 47.7. The lowest BCUT2D eigenvalue weighted by Gasteiger charge is -2.21. The predicted molar refractivity (Wildman–Crippen MR) is 166 cm³/mol. The number of carbonyl (C=O) groups is 3. The van der Waals surface area contributed by atoms with Crippen LogP contribution in [0.5, 0.6) is 0 Å². The van der Waals surface area contributed by atoms with Crippen LogP contribution in [0.3, 0.4) is 0 Å². The molecule has 236 valence electrons. The molecule has 1 N–H and O–H groups in total. The van der Waals surface area contributed by atoms with Crippen molar-refractivity contribution in [2.45, 2.75) is 77.5 Å². The molecule has 2 heterocycles. The second-order valence-electron chi connectivity index (χ2n) is 11.6. The summed E-state index contributed by atoms with van der Waals surface area (Å²) < 4.78 is 17.9. The number of rotatable bonds is 11. The van der Waals surface area contributed by atoms with Crippen molar-refractivity contribution in [3.05, 3.63) is 71.0 Å². The maximum absolute atomic E-state index is 12.9. The second kappa shape index (κ2) is 15.1. The van der Waals surface area contributed by atoms with Gasteiger partial charge in [0.15, 0.2) is 5.15 Å². The number of benzene rings is 1. The van der Waals surface area contributed by atoms with Crippen LogP contribution in [0.1, 0.15) is 76.4 Å². The third-order valence-corrected chi connectivity index (χ3v) is 7.32. The van der Waals surface area contributed by atoms with Crippen molar-refractivity contribution in [1.29, 1.82) is 0 Å². The van der Waals surface area contributed by atoms with Gasteiger partial charge in [0.25, 0.3) is 0 Å². The van der Waals surface area contributed by atoms with Crippen LogP contribution in [-0.2, 0) is 25.6 Å². The van der Waals surface area contributed by atoms with Crippen LogP contribution in [-0.4, -0.2) is 68.8 Å². The summed E-state index contributed by atoms with van der Waals surface area (Å²) in [6, 6.07) is 9.32. The minimum atomic E-state index is -0.599. The van der Waals surface area contributed by atoms with Crippen LogP contribution in [0.25, 0.3) is 11.6 Å². The average Bonchev–Trinajstić information content (AvgIpc) is 3.62. The fourth-order valence-electron chi connectivity index (χ4n) is 5.10. The zero-order valence-corrected chi connectivity index (χ0v) is 26.4. The van der Waals surface area contributed by atoms with Crippen molar-refractivity contribution < 1.29 is 28.6 Å². The molecular weight excluding hydrogens is 586 g/mol. The lowest BCUT2D eigenvalue weighted by atomic mass is 10.1. The van der Waals surface area contributed by atoms with Crippen LogP contribution in [0.4, 0.5) is 9.59 Å². The highest BCUT2D eigenvalue weighted by atomic mass is 35.5. The highest BCUT2D eigenvalue weighted by molar-refractivity contribution is 6.32. The predicted octanol–water partition coefficient (Wildman–Crippen LogP) is 6.15. The summed E-state index contributed by atoms with van der Waals surface area (Å²) in [5.74, 6) is 0.434. The minimum absolute atomic E-state index is 0.0227. The number of nitrogens with one attached hydrogen (secondary N) is 1. The summed E-state index contributed by atoms with van der Waals surface area (Å²) in [6.07, 6.45) is 8.97. The summed E-state index contributed by atoms with van der Waals surface area (Å²) in [6.45, 7) is 7.57. The number of aromatic nitrogens is 3. The number of imidazole rings is 1. The molecule has 2 aromatic heterocycles. The smallest absolute Gasteiger partial charge is 0.410 e. The van der Waals surface area contributed by atoms with Gasteiger partial charge in [-0.25, -0.2) is 19.6 Å². The van der Waals surface area contributed by atoms with Crippen molar-refractivity contribution >= 4 is 41.3 Å². The van der Waals surface area contributed by atoms with Crippen molar-refractivity contribution in [2.75, 3.05) is 19.7 Å². The Bertz CT molecular complexity index is 1470. The Morgan fingerprint density at radius 3 is 2.61 bits per heavy atom. The molecular formula is C32H40ClN5O6. The number of ether oxygens (including phenoxy) is 3. The monoisotopic (exact) mass is 625 g/mol. The van der Waals surface area contributed by atoms with Crippen molar-refractivity contribution in [3.63, 3.8) is 0 Å². The molecule has 0 unspecified atom stereocenters. The normalized spacial score (nSPS) is 16.7. The molecule has 3 aromatic rings. The van der Waals surface area contributed by atoms with E-state index in [9.17, 15) is 14.4 Å². The molecule has 2 amide bonds. The number of hydrogen-bond acceptors (Lipinski definition) is 8. The van der Waals surface area contributed by atoms with E-state index in [0.717, 1.165) is 36.3 Å². The first-order valence-corrected chi connectivity index (χ1v) is 15.2. The van der Waals surface area contributed by atoms with Gasteiger partial charge < -0.3 is 19.5 Å². The van der Waals surface area contributed by atoms with E-state index in [1.54, 1.807) is 19.3 Å². The Balaban J connectivity index is 1.43. The maximum atomic E-state index is 12.9. The molecule has 0 spiro atoms. The zero-order valence-electron chi connectivity index (χ0n) is 25.6. The SMILES string of the molecule is CCOC(=O)CN(CC/C=C/c1cnc(Cl)c2cnc([C@@H]3CC[C@@H](NC(=O)OC(C)(C)C)C3)n12)C(=O)OCc1ccccc1. The fraction of sp³-hybridized carbons (Fsp3) is 0.469. The van der Waals surface area contributed by atoms with Gasteiger partial charge in [0.05, 0.1) is 24.7 Å². The molecule has 1 aromatic carbocycles.